The van der Waals surface area contributed by atoms with Gasteiger partial charge in [0.2, 0.25) is 5.91 Å². The van der Waals surface area contributed by atoms with E-state index < -0.39 is 5.91 Å². The minimum absolute atomic E-state index is 0.00636. The van der Waals surface area contributed by atoms with Crippen molar-refractivity contribution in [2.45, 2.75) is 19.9 Å². The third-order valence-corrected chi connectivity index (χ3v) is 3.42. The number of primary amides is 1. The Morgan fingerprint density at radius 1 is 1.37 bits per heavy atom. The van der Waals surface area contributed by atoms with Crippen LogP contribution in [-0.2, 0) is 0 Å². The van der Waals surface area contributed by atoms with Gasteiger partial charge in [0.05, 0.1) is 6.04 Å². The van der Waals surface area contributed by atoms with Crippen LogP contribution < -0.4 is 11.1 Å². The molecule has 100 valence electrons. The third-order valence-electron chi connectivity index (χ3n) is 2.99. The number of carbonyl (C=O) groups is 1. The summed E-state index contributed by atoms with van der Waals surface area (Å²) in [6, 6.07) is 9.18. The molecule has 0 fully saturated rings. The predicted octanol–water partition coefficient (Wildman–Crippen LogP) is 3.62. The zero-order valence-corrected chi connectivity index (χ0v) is 12.3. The number of anilines is 1. The van der Waals surface area contributed by atoms with E-state index in [2.05, 4.69) is 21.2 Å². The molecule has 1 atom stereocenters. The van der Waals surface area contributed by atoms with Crippen LogP contribution in [0.2, 0.25) is 0 Å². The largest absolute Gasteiger partial charge is 0.452 e. The summed E-state index contributed by atoms with van der Waals surface area (Å²) >= 11 is 3.28. The average molecular weight is 323 g/mol. The van der Waals surface area contributed by atoms with Crippen LogP contribution in [-0.4, -0.2) is 5.91 Å². The van der Waals surface area contributed by atoms with Crippen LogP contribution in [0.5, 0.6) is 0 Å². The average Bonchev–Trinajstić information content (AvgIpc) is 2.78. The van der Waals surface area contributed by atoms with Gasteiger partial charge in [0.25, 0.3) is 0 Å². The number of hydrogen-bond acceptors (Lipinski definition) is 3. The van der Waals surface area contributed by atoms with E-state index in [1.165, 1.54) is 0 Å². The van der Waals surface area contributed by atoms with Gasteiger partial charge in [-0.15, -0.1) is 0 Å². The first kappa shape index (κ1) is 13.7. The zero-order chi connectivity index (χ0) is 14.0. The van der Waals surface area contributed by atoms with Gasteiger partial charge in [-0.25, -0.2) is 0 Å². The van der Waals surface area contributed by atoms with Crippen molar-refractivity contribution in [2.24, 2.45) is 5.73 Å². The molecule has 2 rings (SSSR count). The molecule has 0 radical (unpaired) electrons. The zero-order valence-electron chi connectivity index (χ0n) is 10.7. The molecule has 0 bridgehead atoms. The van der Waals surface area contributed by atoms with Gasteiger partial charge in [0.1, 0.15) is 5.76 Å². The van der Waals surface area contributed by atoms with Gasteiger partial charge in [-0.2, -0.15) is 0 Å². The fourth-order valence-electron chi connectivity index (χ4n) is 1.92. The highest BCUT2D eigenvalue weighted by atomic mass is 79.9. The van der Waals surface area contributed by atoms with Gasteiger partial charge < -0.3 is 15.5 Å². The fourth-order valence-corrected chi connectivity index (χ4v) is 2.24. The molecule has 1 heterocycles. The molecule has 1 unspecified atom stereocenters. The van der Waals surface area contributed by atoms with E-state index in [1.807, 2.05) is 32.0 Å². The number of rotatable bonds is 4. The highest BCUT2D eigenvalue weighted by molar-refractivity contribution is 9.10. The number of nitrogens with two attached hydrogens (primary N) is 1. The van der Waals surface area contributed by atoms with E-state index in [0.29, 0.717) is 10.2 Å². The summed E-state index contributed by atoms with van der Waals surface area (Å²) in [5.41, 5.74) is 7.57. The van der Waals surface area contributed by atoms with Crippen molar-refractivity contribution in [3.05, 3.63) is 51.9 Å². The normalized spacial score (nSPS) is 12.2. The van der Waals surface area contributed by atoms with E-state index in [4.69, 9.17) is 10.2 Å². The fraction of sp³-hybridized carbons (Fsp3) is 0.214. The van der Waals surface area contributed by atoms with E-state index >= 15 is 0 Å². The summed E-state index contributed by atoms with van der Waals surface area (Å²) in [5, 5.41) is 3.31. The Bertz CT molecular complexity index is 607. The maximum absolute atomic E-state index is 11.3. The lowest BCUT2D eigenvalue weighted by atomic mass is 10.1. The number of benzene rings is 1. The number of nitrogens with one attached hydrogen (secondary N) is 1. The third kappa shape index (κ3) is 2.98. The first-order chi connectivity index (χ1) is 8.99. The van der Waals surface area contributed by atoms with Crippen molar-refractivity contribution in [3.63, 3.8) is 0 Å². The number of halogens is 1. The molecule has 0 aliphatic carbocycles. The Morgan fingerprint density at radius 2 is 2.11 bits per heavy atom. The van der Waals surface area contributed by atoms with Gasteiger partial charge in [-0.1, -0.05) is 6.07 Å². The van der Waals surface area contributed by atoms with Crippen LogP contribution >= 0.6 is 15.9 Å². The van der Waals surface area contributed by atoms with Gasteiger partial charge in [0.15, 0.2) is 4.67 Å². The van der Waals surface area contributed by atoms with Gasteiger partial charge in [-0.05, 0) is 59.6 Å². The Kier molecular flexibility index (Phi) is 3.95. The Balaban J connectivity index is 2.24. The Labute approximate surface area is 120 Å². The molecule has 2 aromatic rings. The van der Waals surface area contributed by atoms with Gasteiger partial charge in [0, 0.05) is 11.3 Å². The summed E-state index contributed by atoms with van der Waals surface area (Å²) < 4.78 is 6.19. The number of carbonyl (C=O) groups excluding carboxylic acids is 1. The summed E-state index contributed by atoms with van der Waals surface area (Å²) in [5.74, 6) is 0.394. The molecule has 19 heavy (non-hydrogen) atoms. The van der Waals surface area contributed by atoms with Crippen LogP contribution in [0.25, 0.3) is 0 Å². The molecule has 5 heteroatoms. The minimum atomic E-state index is -0.422. The summed E-state index contributed by atoms with van der Waals surface area (Å²) in [6.45, 7) is 3.86. The molecule has 0 spiro atoms. The first-order valence-corrected chi connectivity index (χ1v) is 6.69. The summed E-state index contributed by atoms with van der Waals surface area (Å²) in [7, 11) is 0. The number of amides is 1. The van der Waals surface area contributed by atoms with E-state index in [9.17, 15) is 4.79 Å². The van der Waals surface area contributed by atoms with Crippen molar-refractivity contribution in [2.75, 3.05) is 5.32 Å². The smallest absolute Gasteiger partial charge is 0.249 e. The highest BCUT2D eigenvalue weighted by Gasteiger charge is 2.13. The second kappa shape index (κ2) is 5.48. The maximum atomic E-state index is 11.3. The highest BCUT2D eigenvalue weighted by Crippen LogP contribution is 2.26. The predicted molar refractivity (Wildman–Crippen MR) is 78.1 cm³/mol. The molecule has 0 saturated heterocycles. The molecule has 0 saturated carbocycles. The summed E-state index contributed by atoms with van der Waals surface area (Å²) in [6.07, 6.45) is 0. The van der Waals surface area contributed by atoms with Crippen molar-refractivity contribution >= 4 is 27.5 Å². The molecule has 1 amide bonds. The minimum Gasteiger partial charge on any atom is -0.452 e. The molecule has 4 nitrogen and oxygen atoms in total. The monoisotopic (exact) mass is 322 g/mol. The van der Waals surface area contributed by atoms with E-state index in [0.717, 1.165) is 17.0 Å². The Morgan fingerprint density at radius 3 is 2.68 bits per heavy atom. The molecular weight excluding hydrogens is 308 g/mol. The second-order valence-electron chi connectivity index (χ2n) is 4.35. The van der Waals surface area contributed by atoms with E-state index in [-0.39, 0.29) is 6.04 Å². The van der Waals surface area contributed by atoms with Crippen molar-refractivity contribution in [3.8, 4) is 0 Å². The van der Waals surface area contributed by atoms with E-state index in [1.54, 1.807) is 12.1 Å². The number of furan rings is 1. The van der Waals surface area contributed by atoms with Crippen molar-refractivity contribution < 1.29 is 9.21 Å². The lowest BCUT2D eigenvalue weighted by molar-refractivity contribution is 0.1000. The standard InChI is InChI=1S/C14H15BrN2O2/c1-8-10(14(16)18)4-3-5-11(8)17-9(2)12-6-7-13(15)19-12/h3-7,9,17H,1-2H3,(H2,16,18). The SMILES string of the molecule is Cc1c(NC(C)c2ccc(Br)o2)cccc1C(N)=O. The molecule has 0 aliphatic rings. The number of hydrogen-bond donors (Lipinski definition) is 2. The molecule has 3 N–H and O–H groups in total. The van der Waals surface area contributed by atoms with Crippen LogP contribution in [0.3, 0.4) is 0 Å². The molecular formula is C14H15BrN2O2. The quantitative estimate of drug-likeness (QED) is 0.903. The van der Waals surface area contributed by atoms with Crippen LogP contribution in [0, 0.1) is 6.92 Å². The lowest BCUT2D eigenvalue weighted by Crippen LogP contribution is -2.14. The van der Waals surface area contributed by atoms with Gasteiger partial charge in [-0.3, -0.25) is 4.79 Å². The second-order valence-corrected chi connectivity index (χ2v) is 5.13. The van der Waals surface area contributed by atoms with Crippen molar-refractivity contribution in [1.82, 2.24) is 0 Å². The first-order valence-electron chi connectivity index (χ1n) is 5.90. The van der Waals surface area contributed by atoms with Gasteiger partial charge >= 0.3 is 0 Å². The van der Waals surface area contributed by atoms with Crippen LogP contribution in [0.15, 0.2) is 39.4 Å². The maximum Gasteiger partial charge on any atom is 0.249 e. The molecule has 1 aromatic carbocycles. The van der Waals surface area contributed by atoms with Crippen LogP contribution in [0.4, 0.5) is 5.69 Å². The van der Waals surface area contributed by atoms with Crippen molar-refractivity contribution in [1.29, 1.82) is 0 Å². The molecule has 1 aromatic heterocycles. The van der Waals surface area contributed by atoms with Crippen LogP contribution in [0.1, 0.15) is 34.6 Å². The molecule has 0 aliphatic heterocycles. The summed E-state index contributed by atoms with van der Waals surface area (Å²) in [4.78, 5) is 11.3. The topological polar surface area (TPSA) is 68.3 Å². The Hall–Kier alpha value is -1.75. The lowest BCUT2D eigenvalue weighted by Gasteiger charge is -2.16.